The molecule has 1 aliphatic rings. The van der Waals surface area contributed by atoms with Gasteiger partial charge >= 0.3 is 0 Å². The van der Waals surface area contributed by atoms with E-state index in [0.717, 1.165) is 5.69 Å². The lowest BCUT2D eigenvalue weighted by Gasteiger charge is -2.30. The Labute approximate surface area is 170 Å². The third kappa shape index (κ3) is 5.95. The molecule has 2 heterocycles. The summed E-state index contributed by atoms with van der Waals surface area (Å²) in [4.78, 5) is 17.7. The maximum atomic E-state index is 11.0. The zero-order valence-electron chi connectivity index (χ0n) is 18.3. The molecule has 1 aliphatic heterocycles. The molecule has 1 aromatic heterocycles. The van der Waals surface area contributed by atoms with E-state index in [2.05, 4.69) is 53.4 Å². The first-order valence-electron chi connectivity index (χ1n) is 10.8. The number of rotatable bonds is 7. The van der Waals surface area contributed by atoms with Crippen LogP contribution in [0.15, 0.2) is 35.3 Å². The number of aromatic nitrogens is 2. The maximum Gasteiger partial charge on any atom is 0.269 e. The van der Waals surface area contributed by atoms with Gasteiger partial charge in [-0.25, -0.2) is 0 Å². The number of nitrogens with one attached hydrogen (secondary N) is 2. The van der Waals surface area contributed by atoms with E-state index in [1.54, 1.807) is 13.1 Å². The van der Waals surface area contributed by atoms with Crippen molar-refractivity contribution in [3.63, 3.8) is 0 Å². The van der Waals surface area contributed by atoms with Gasteiger partial charge in [0.25, 0.3) is 5.56 Å². The Balaban J connectivity index is 0.000000221. The van der Waals surface area contributed by atoms with Crippen LogP contribution in [0, 0.1) is 6.92 Å². The molecule has 154 valence electrons. The van der Waals surface area contributed by atoms with Crippen molar-refractivity contribution < 1.29 is 0 Å². The fourth-order valence-corrected chi connectivity index (χ4v) is 3.88. The van der Waals surface area contributed by atoms with Crippen molar-refractivity contribution in [2.75, 3.05) is 5.32 Å². The van der Waals surface area contributed by atoms with Crippen LogP contribution in [0.3, 0.4) is 0 Å². The topological polar surface area (TPSA) is 57.8 Å². The van der Waals surface area contributed by atoms with Crippen molar-refractivity contribution >= 4 is 5.69 Å². The first-order valence-corrected chi connectivity index (χ1v) is 10.8. The highest BCUT2D eigenvalue weighted by Gasteiger charge is 2.34. The number of nitrogens with zero attached hydrogens (tertiary/aromatic N) is 1. The largest absolute Gasteiger partial charge is 0.379 e. The summed E-state index contributed by atoms with van der Waals surface area (Å²) in [6.07, 6.45) is 10.9. The zero-order valence-corrected chi connectivity index (χ0v) is 18.3. The Kier molecular flexibility index (Phi) is 8.28. The van der Waals surface area contributed by atoms with E-state index in [-0.39, 0.29) is 5.56 Å². The van der Waals surface area contributed by atoms with E-state index in [9.17, 15) is 4.79 Å². The average molecular weight is 384 g/mol. The number of fused-ring (bicyclic) bond motifs is 1. The van der Waals surface area contributed by atoms with Gasteiger partial charge in [0, 0.05) is 23.1 Å². The molecular formula is C24H37N3O. The van der Waals surface area contributed by atoms with Crippen LogP contribution in [0.2, 0.25) is 0 Å². The summed E-state index contributed by atoms with van der Waals surface area (Å²) in [6, 6.07) is 8.81. The van der Waals surface area contributed by atoms with Crippen LogP contribution in [0.25, 0.3) is 0 Å². The van der Waals surface area contributed by atoms with Gasteiger partial charge in [-0.3, -0.25) is 9.78 Å². The van der Waals surface area contributed by atoms with Gasteiger partial charge in [0.2, 0.25) is 0 Å². The summed E-state index contributed by atoms with van der Waals surface area (Å²) in [5, 5.41) is 3.81. The van der Waals surface area contributed by atoms with Crippen molar-refractivity contribution in [2.45, 2.75) is 91.0 Å². The minimum absolute atomic E-state index is 0.0869. The summed E-state index contributed by atoms with van der Waals surface area (Å²) in [6.45, 7) is 10.3. The third-order valence-electron chi connectivity index (χ3n) is 5.54. The Morgan fingerprint density at radius 2 is 1.86 bits per heavy atom. The van der Waals surface area contributed by atoms with Gasteiger partial charge in [-0.2, -0.15) is 0 Å². The van der Waals surface area contributed by atoms with Crippen LogP contribution in [0.1, 0.15) is 89.1 Å². The van der Waals surface area contributed by atoms with E-state index in [1.165, 1.54) is 56.2 Å². The minimum atomic E-state index is -0.0869. The second-order valence-electron chi connectivity index (χ2n) is 8.35. The number of unbranched alkanes of at least 4 members (excludes halogenated alkanes) is 2. The number of aromatic amines is 1. The zero-order chi connectivity index (χ0) is 20.6. The lowest BCUT2D eigenvalue weighted by atomic mass is 9.85. The van der Waals surface area contributed by atoms with E-state index in [1.807, 2.05) is 13.8 Å². The molecule has 0 radical (unpaired) electrons. The molecule has 0 saturated heterocycles. The van der Waals surface area contributed by atoms with Crippen LogP contribution in [-0.2, 0) is 6.42 Å². The SMILES string of the molecule is CCCCCC1(CCC)Cc2ccccc2N1.Cc1ncc(C(C)C)[nH]c1=O. The molecule has 2 aromatic rings. The number of para-hydroxylation sites is 1. The molecule has 0 bridgehead atoms. The molecule has 1 aromatic carbocycles. The lowest BCUT2D eigenvalue weighted by molar-refractivity contribution is 0.392. The third-order valence-corrected chi connectivity index (χ3v) is 5.54. The van der Waals surface area contributed by atoms with Crippen molar-refractivity contribution in [3.8, 4) is 0 Å². The first-order chi connectivity index (χ1) is 13.4. The highest BCUT2D eigenvalue weighted by atomic mass is 16.1. The van der Waals surface area contributed by atoms with E-state index >= 15 is 0 Å². The van der Waals surface area contributed by atoms with Gasteiger partial charge in [0.05, 0.1) is 0 Å². The number of aryl methyl sites for hydroxylation is 1. The summed E-state index contributed by atoms with van der Waals surface area (Å²) in [5.74, 6) is 0.329. The Morgan fingerprint density at radius 3 is 2.46 bits per heavy atom. The van der Waals surface area contributed by atoms with Crippen LogP contribution < -0.4 is 10.9 Å². The highest BCUT2D eigenvalue weighted by molar-refractivity contribution is 5.58. The molecule has 1 atom stereocenters. The van der Waals surface area contributed by atoms with Gasteiger partial charge in [-0.05, 0) is 43.7 Å². The Morgan fingerprint density at radius 1 is 1.11 bits per heavy atom. The number of anilines is 1. The summed E-state index contributed by atoms with van der Waals surface area (Å²) in [7, 11) is 0. The molecule has 0 saturated carbocycles. The monoisotopic (exact) mass is 383 g/mol. The van der Waals surface area contributed by atoms with Gasteiger partial charge in [-0.1, -0.05) is 71.6 Å². The lowest BCUT2D eigenvalue weighted by Crippen LogP contribution is -2.36. The van der Waals surface area contributed by atoms with Crippen LogP contribution in [-0.4, -0.2) is 15.5 Å². The van der Waals surface area contributed by atoms with Gasteiger partial charge < -0.3 is 10.3 Å². The molecule has 0 fully saturated rings. The smallest absolute Gasteiger partial charge is 0.269 e. The number of H-pyrrole nitrogens is 1. The van der Waals surface area contributed by atoms with Crippen LogP contribution in [0.5, 0.6) is 0 Å². The Bertz CT molecular complexity index is 769. The van der Waals surface area contributed by atoms with Crippen molar-refractivity contribution in [1.29, 1.82) is 0 Å². The van der Waals surface area contributed by atoms with E-state index in [0.29, 0.717) is 17.2 Å². The molecule has 4 heteroatoms. The van der Waals surface area contributed by atoms with Crippen molar-refractivity contribution in [3.05, 3.63) is 57.8 Å². The van der Waals surface area contributed by atoms with Crippen molar-refractivity contribution in [2.24, 2.45) is 0 Å². The number of benzene rings is 1. The number of hydrogen-bond acceptors (Lipinski definition) is 3. The normalized spacial score (nSPS) is 17.6. The molecule has 4 nitrogen and oxygen atoms in total. The van der Waals surface area contributed by atoms with Gasteiger partial charge in [-0.15, -0.1) is 0 Å². The predicted molar refractivity (Wildman–Crippen MR) is 119 cm³/mol. The van der Waals surface area contributed by atoms with Gasteiger partial charge in [0.15, 0.2) is 0 Å². The summed E-state index contributed by atoms with van der Waals surface area (Å²) >= 11 is 0. The molecule has 3 rings (SSSR count). The molecule has 0 spiro atoms. The highest BCUT2D eigenvalue weighted by Crippen LogP contribution is 2.38. The second kappa shape index (κ2) is 10.4. The molecule has 0 amide bonds. The molecule has 0 aliphatic carbocycles. The first kappa shape index (κ1) is 22.2. The van der Waals surface area contributed by atoms with Crippen LogP contribution in [0.4, 0.5) is 5.69 Å². The Hall–Kier alpha value is -2.10. The molecule has 2 N–H and O–H groups in total. The second-order valence-corrected chi connectivity index (χ2v) is 8.35. The molecule has 28 heavy (non-hydrogen) atoms. The standard InChI is InChI=1S/C16H25N.C8H12N2O/c1-3-5-8-12-16(11-4-2)13-14-9-6-7-10-15(14)17-16;1-5(2)7-4-9-6(3)8(11)10-7/h6-7,9-10,17H,3-5,8,11-13H2,1-2H3;4-5H,1-3H3,(H,10,11). The van der Waals surface area contributed by atoms with E-state index < -0.39 is 0 Å². The fourth-order valence-electron chi connectivity index (χ4n) is 3.88. The average Bonchev–Trinajstić information content (AvgIpc) is 3.03. The van der Waals surface area contributed by atoms with Gasteiger partial charge in [0.1, 0.15) is 5.69 Å². The predicted octanol–water partition coefficient (Wildman–Crippen LogP) is 5.98. The quantitative estimate of drug-likeness (QED) is 0.579. The number of hydrogen-bond donors (Lipinski definition) is 2. The minimum Gasteiger partial charge on any atom is -0.379 e. The van der Waals surface area contributed by atoms with E-state index in [4.69, 9.17) is 0 Å². The fraction of sp³-hybridized carbons (Fsp3) is 0.583. The summed E-state index contributed by atoms with van der Waals surface area (Å²) in [5.41, 5.74) is 4.56. The van der Waals surface area contributed by atoms with Crippen LogP contribution >= 0.6 is 0 Å². The summed E-state index contributed by atoms with van der Waals surface area (Å²) < 4.78 is 0. The maximum absolute atomic E-state index is 11.0. The molecule has 1 unspecified atom stereocenters. The van der Waals surface area contributed by atoms with Crippen molar-refractivity contribution in [1.82, 2.24) is 9.97 Å². The molecular weight excluding hydrogens is 346 g/mol.